The SMILES string of the molecule is CC(C)(C)CC(=O)Nc1nc2c(nc1F)N(Cc1ccc(C(F)(F)F)cc1)CCC2. The second-order valence-electron chi connectivity index (χ2n) is 8.64. The number of fused-ring (bicyclic) bond motifs is 1. The maximum absolute atomic E-state index is 14.5. The number of aromatic nitrogens is 2. The molecule has 1 amide bonds. The van der Waals surface area contributed by atoms with Gasteiger partial charge in [-0.1, -0.05) is 32.9 Å². The van der Waals surface area contributed by atoms with E-state index in [0.717, 1.165) is 18.6 Å². The average molecular weight is 424 g/mol. The van der Waals surface area contributed by atoms with Gasteiger partial charge in [-0.15, -0.1) is 0 Å². The van der Waals surface area contributed by atoms with E-state index in [2.05, 4.69) is 15.3 Å². The fourth-order valence-corrected chi connectivity index (χ4v) is 3.32. The maximum atomic E-state index is 14.5. The molecule has 0 bridgehead atoms. The molecule has 2 aromatic rings. The molecule has 1 aromatic heterocycles. The highest BCUT2D eigenvalue weighted by Crippen LogP contribution is 2.31. The molecule has 3 rings (SSSR count). The minimum atomic E-state index is -4.39. The Hall–Kier alpha value is -2.71. The normalized spacial score (nSPS) is 14.4. The van der Waals surface area contributed by atoms with Crippen LogP contribution < -0.4 is 10.2 Å². The molecule has 0 fully saturated rings. The Balaban J connectivity index is 1.77. The smallest absolute Gasteiger partial charge is 0.351 e. The van der Waals surface area contributed by atoms with Crippen LogP contribution in [0.3, 0.4) is 0 Å². The van der Waals surface area contributed by atoms with Gasteiger partial charge >= 0.3 is 6.18 Å². The van der Waals surface area contributed by atoms with E-state index < -0.39 is 17.7 Å². The topological polar surface area (TPSA) is 58.1 Å². The van der Waals surface area contributed by atoms with Crippen molar-refractivity contribution in [3.63, 3.8) is 0 Å². The minimum Gasteiger partial charge on any atom is -0.351 e. The summed E-state index contributed by atoms with van der Waals surface area (Å²) in [5.41, 5.74) is 0.244. The van der Waals surface area contributed by atoms with Crippen molar-refractivity contribution in [2.45, 2.75) is 52.8 Å². The molecule has 0 saturated carbocycles. The predicted octanol–water partition coefficient (Wildman–Crippen LogP) is 4.96. The Kier molecular flexibility index (Phi) is 6.01. The second kappa shape index (κ2) is 8.20. The summed E-state index contributed by atoms with van der Waals surface area (Å²) in [6.07, 6.45) is -2.86. The summed E-state index contributed by atoms with van der Waals surface area (Å²) in [7, 11) is 0. The monoisotopic (exact) mass is 424 g/mol. The van der Waals surface area contributed by atoms with Crippen molar-refractivity contribution < 1.29 is 22.4 Å². The highest BCUT2D eigenvalue weighted by Gasteiger charge is 2.30. The quantitative estimate of drug-likeness (QED) is 0.705. The number of nitrogens with zero attached hydrogens (tertiary/aromatic N) is 3. The standard InChI is InChI=1S/C21H24F4N4O/c1-20(2,3)11-16(30)27-18-17(22)28-19-15(26-18)5-4-10-29(19)12-13-6-8-14(9-7-13)21(23,24)25/h6-9H,4-5,10-12H2,1-3H3,(H,26,27,30). The molecule has 0 atom stereocenters. The van der Waals surface area contributed by atoms with Crippen molar-refractivity contribution in [2.24, 2.45) is 5.41 Å². The van der Waals surface area contributed by atoms with E-state index in [0.29, 0.717) is 30.0 Å². The van der Waals surface area contributed by atoms with Gasteiger partial charge in [-0.05, 0) is 36.0 Å². The first kappa shape index (κ1) is 22.0. The van der Waals surface area contributed by atoms with Crippen molar-refractivity contribution in [2.75, 3.05) is 16.8 Å². The number of amides is 1. The number of hydrogen-bond donors (Lipinski definition) is 1. The minimum absolute atomic E-state index is 0.195. The van der Waals surface area contributed by atoms with Crippen molar-refractivity contribution in [3.8, 4) is 0 Å². The van der Waals surface area contributed by atoms with E-state index in [9.17, 15) is 22.4 Å². The number of benzene rings is 1. The van der Waals surface area contributed by atoms with E-state index in [4.69, 9.17) is 0 Å². The van der Waals surface area contributed by atoms with Gasteiger partial charge in [-0.2, -0.15) is 22.5 Å². The molecule has 2 heterocycles. The summed E-state index contributed by atoms with van der Waals surface area (Å²) in [4.78, 5) is 22.2. The average Bonchev–Trinajstić information content (AvgIpc) is 2.61. The molecule has 9 heteroatoms. The molecular weight excluding hydrogens is 400 g/mol. The van der Waals surface area contributed by atoms with Crippen molar-refractivity contribution in [1.82, 2.24) is 9.97 Å². The van der Waals surface area contributed by atoms with Gasteiger partial charge in [0.2, 0.25) is 5.91 Å². The van der Waals surface area contributed by atoms with Crippen LogP contribution in [0.1, 0.15) is 50.4 Å². The largest absolute Gasteiger partial charge is 0.416 e. The molecular formula is C21H24F4N4O. The fraction of sp³-hybridized carbons (Fsp3) is 0.476. The maximum Gasteiger partial charge on any atom is 0.416 e. The second-order valence-corrected chi connectivity index (χ2v) is 8.64. The lowest BCUT2D eigenvalue weighted by Gasteiger charge is -2.30. The summed E-state index contributed by atoms with van der Waals surface area (Å²) in [6, 6.07) is 4.87. The molecule has 0 saturated heterocycles. The molecule has 0 spiro atoms. The zero-order chi connectivity index (χ0) is 22.1. The van der Waals surface area contributed by atoms with Crippen LogP contribution in [-0.2, 0) is 23.9 Å². The highest BCUT2D eigenvalue weighted by atomic mass is 19.4. The lowest BCUT2D eigenvalue weighted by atomic mass is 9.92. The molecule has 0 unspecified atom stereocenters. The number of rotatable bonds is 4. The fourth-order valence-electron chi connectivity index (χ4n) is 3.32. The molecule has 0 radical (unpaired) electrons. The van der Waals surface area contributed by atoms with E-state index in [1.165, 1.54) is 12.1 Å². The third kappa shape index (κ3) is 5.46. The summed E-state index contributed by atoms with van der Waals surface area (Å²) in [5, 5.41) is 2.49. The third-order valence-corrected chi connectivity index (χ3v) is 4.65. The first-order chi connectivity index (χ1) is 13.9. The molecule has 1 aliphatic rings. The molecule has 162 valence electrons. The molecule has 1 aliphatic heterocycles. The zero-order valence-electron chi connectivity index (χ0n) is 17.1. The van der Waals surface area contributed by atoms with E-state index in [-0.39, 0.29) is 30.1 Å². The molecule has 1 aromatic carbocycles. The van der Waals surface area contributed by atoms with E-state index in [1.54, 1.807) is 4.90 Å². The van der Waals surface area contributed by atoms with E-state index >= 15 is 0 Å². The summed E-state index contributed by atoms with van der Waals surface area (Å²) < 4.78 is 52.7. The van der Waals surface area contributed by atoms with Gasteiger partial charge in [-0.3, -0.25) is 4.79 Å². The van der Waals surface area contributed by atoms with Crippen LogP contribution in [-0.4, -0.2) is 22.4 Å². The van der Waals surface area contributed by atoms with Gasteiger partial charge in [0.25, 0.3) is 5.95 Å². The first-order valence-electron chi connectivity index (χ1n) is 9.70. The van der Waals surface area contributed by atoms with E-state index in [1.807, 2.05) is 20.8 Å². The van der Waals surface area contributed by atoms with Crippen LogP contribution in [0.25, 0.3) is 0 Å². The predicted molar refractivity (Wildman–Crippen MR) is 106 cm³/mol. The Labute approximate surface area is 172 Å². The Morgan fingerprint density at radius 3 is 2.40 bits per heavy atom. The number of aryl methyl sites for hydroxylation is 1. The van der Waals surface area contributed by atoms with Crippen molar-refractivity contribution in [3.05, 3.63) is 47.0 Å². The van der Waals surface area contributed by atoms with Gasteiger partial charge in [0.15, 0.2) is 11.6 Å². The number of alkyl halides is 3. The number of hydrogen-bond acceptors (Lipinski definition) is 4. The Morgan fingerprint density at radius 1 is 1.13 bits per heavy atom. The lowest BCUT2D eigenvalue weighted by molar-refractivity contribution is -0.137. The zero-order valence-corrected chi connectivity index (χ0v) is 17.1. The Morgan fingerprint density at radius 2 is 1.80 bits per heavy atom. The van der Waals surface area contributed by atoms with Gasteiger partial charge in [0.1, 0.15) is 0 Å². The lowest BCUT2D eigenvalue weighted by Crippen LogP contribution is -2.31. The summed E-state index contributed by atoms with van der Waals surface area (Å²) >= 11 is 0. The number of halogens is 4. The number of carbonyl (C=O) groups excluding carboxylic acids is 1. The number of nitrogens with one attached hydrogen (secondary N) is 1. The van der Waals surface area contributed by atoms with Crippen LogP contribution in [0.15, 0.2) is 24.3 Å². The third-order valence-electron chi connectivity index (χ3n) is 4.65. The molecule has 30 heavy (non-hydrogen) atoms. The van der Waals surface area contributed by atoms with Crippen molar-refractivity contribution in [1.29, 1.82) is 0 Å². The summed E-state index contributed by atoms with van der Waals surface area (Å²) in [5.74, 6) is -1.06. The Bertz CT molecular complexity index is 920. The van der Waals surface area contributed by atoms with Crippen LogP contribution in [0.2, 0.25) is 0 Å². The van der Waals surface area contributed by atoms with Gasteiger partial charge in [-0.25, -0.2) is 4.98 Å². The first-order valence-corrected chi connectivity index (χ1v) is 9.70. The number of anilines is 2. The van der Waals surface area contributed by atoms with Gasteiger partial charge in [0.05, 0.1) is 11.3 Å². The highest BCUT2D eigenvalue weighted by molar-refractivity contribution is 5.90. The van der Waals surface area contributed by atoms with Crippen LogP contribution in [0, 0.1) is 11.4 Å². The number of carbonyl (C=O) groups is 1. The van der Waals surface area contributed by atoms with Crippen LogP contribution in [0.5, 0.6) is 0 Å². The van der Waals surface area contributed by atoms with Crippen molar-refractivity contribution >= 4 is 17.5 Å². The van der Waals surface area contributed by atoms with Crippen LogP contribution >= 0.6 is 0 Å². The molecule has 0 aliphatic carbocycles. The van der Waals surface area contributed by atoms with Gasteiger partial charge < -0.3 is 10.2 Å². The summed E-state index contributed by atoms with van der Waals surface area (Å²) in [6.45, 7) is 6.58. The van der Waals surface area contributed by atoms with Gasteiger partial charge in [0, 0.05) is 19.5 Å². The molecule has 1 N–H and O–H groups in total. The molecule has 5 nitrogen and oxygen atoms in total. The van der Waals surface area contributed by atoms with Crippen LogP contribution in [0.4, 0.5) is 29.2 Å².